The van der Waals surface area contributed by atoms with Gasteiger partial charge in [0, 0.05) is 27.8 Å². The Bertz CT molecular complexity index is 2590. The molecule has 248 valence electrons. The number of hydrogen-bond donors (Lipinski definition) is 0. The summed E-state index contributed by atoms with van der Waals surface area (Å²) < 4.78 is 6.54. The molecular formula is C47H29N5O. The van der Waals surface area contributed by atoms with Gasteiger partial charge in [-0.25, -0.2) is 15.0 Å². The molecule has 53 heavy (non-hydrogen) atoms. The number of nitriles is 1. The van der Waals surface area contributed by atoms with Gasteiger partial charge in [0.2, 0.25) is 0 Å². The molecule has 8 aromatic rings. The second-order valence-electron chi connectivity index (χ2n) is 13.1. The number of anilines is 3. The lowest BCUT2D eigenvalue weighted by Gasteiger charge is -2.48. The van der Waals surface area contributed by atoms with Crippen LogP contribution in [0.5, 0.6) is 11.5 Å². The highest BCUT2D eigenvalue weighted by Gasteiger charge is 2.51. The molecule has 0 atom stereocenters. The first-order chi connectivity index (χ1) is 26.2. The van der Waals surface area contributed by atoms with Crippen LogP contribution < -0.4 is 9.64 Å². The summed E-state index contributed by atoms with van der Waals surface area (Å²) in [6, 6.07) is 61.9. The zero-order valence-electron chi connectivity index (χ0n) is 28.4. The highest BCUT2D eigenvalue weighted by Crippen LogP contribution is 2.62. The van der Waals surface area contributed by atoms with Gasteiger partial charge in [-0.3, -0.25) is 0 Å². The first kappa shape index (κ1) is 30.5. The Hall–Kier alpha value is -7.36. The Morgan fingerprint density at radius 1 is 0.434 bits per heavy atom. The topological polar surface area (TPSA) is 74.9 Å². The van der Waals surface area contributed by atoms with E-state index in [-0.39, 0.29) is 0 Å². The largest absolute Gasteiger partial charge is 0.457 e. The van der Waals surface area contributed by atoms with Gasteiger partial charge in [0.25, 0.3) is 0 Å². The summed E-state index contributed by atoms with van der Waals surface area (Å²) in [6.07, 6.45) is 0. The van der Waals surface area contributed by atoms with Gasteiger partial charge < -0.3 is 9.64 Å². The predicted molar refractivity (Wildman–Crippen MR) is 207 cm³/mol. The Morgan fingerprint density at radius 3 is 1.38 bits per heavy atom. The summed E-state index contributed by atoms with van der Waals surface area (Å²) in [5.74, 6) is 3.29. The molecule has 7 aromatic carbocycles. The highest BCUT2D eigenvalue weighted by atomic mass is 16.5. The summed E-state index contributed by atoms with van der Waals surface area (Å²) in [4.78, 5) is 16.9. The molecule has 10 rings (SSSR count). The second kappa shape index (κ2) is 12.2. The minimum absolute atomic E-state index is 0.495. The first-order valence-electron chi connectivity index (χ1n) is 17.5. The molecule has 0 saturated heterocycles. The number of ether oxygens (including phenoxy) is 1. The van der Waals surface area contributed by atoms with Crippen molar-refractivity contribution in [3.05, 3.63) is 204 Å². The second-order valence-corrected chi connectivity index (χ2v) is 13.1. The van der Waals surface area contributed by atoms with Crippen molar-refractivity contribution in [3.8, 4) is 51.7 Å². The van der Waals surface area contributed by atoms with Crippen molar-refractivity contribution in [1.29, 1.82) is 5.26 Å². The van der Waals surface area contributed by atoms with Crippen molar-refractivity contribution in [1.82, 2.24) is 15.0 Å². The first-order valence-corrected chi connectivity index (χ1v) is 17.5. The van der Waals surface area contributed by atoms with Gasteiger partial charge in [-0.05, 0) is 53.6 Å². The van der Waals surface area contributed by atoms with Gasteiger partial charge >= 0.3 is 0 Å². The Balaban J connectivity index is 1.18. The average Bonchev–Trinajstić information content (AvgIpc) is 3.24. The molecular weight excluding hydrogens is 651 g/mol. The third kappa shape index (κ3) is 4.68. The molecule has 2 aliphatic heterocycles. The summed E-state index contributed by atoms with van der Waals surface area (Å²) >= 11 is 0. The lowest BCUT2D eigenvalue weighted by Crippen LogP contribution is -2.39. The summed E-state index contributed by atoms with van der Waals surface area (Å²) in [5, 5.41) is 10.8. The van der Waals surface area contributed by atoms with Crippen LogP contribution in [0.15, 0.2) is 176 Å². The maximum Gasteiger partial charge on any atom is 0.164 e. The van der Waals surface area contributed by atoms with Gasteiger partial charge in [0.15, 0.2) is 17.5 Å². The lowest BCUT2D eigenvalue weighted by molar-refractivity contribution is 0.434. The van der Waals surface area contributed by atoms with Crippen molar-refractivity contribution in [2.45, 2.75) is 5.41 Å². The normalized spacial score (nSPS) is 13.2. The van der Waals surface area contributed by atoms with Crippen LogP contribution in [-0.4, -0.2) is 15.0 Å². The van der Waals surface area contributed by atoms with E-state index in [0.717, 1.165) is 67.5 Å². The number of aromatic nitrogens is 3. The van der Waals surface area contributed by atoms with Crippen LogP contribution >= 0.6 is 0 Å². The Labute approximate surface area is 306 Å². The SMILES string of the molecule is N#Cc1cc(-c2nc(-c3ccccc3)nc(-c3ccccc3)n2)ccc1N1c2ccccc2C2(c3ccccc3Oc3ccccc32)c2ccccc21. The molecule has 3 heterocycles. The fraction of sp³-hybridized carbons (Fsp3) is 0.0213. The number of benzene rings is 7. The van der Waals surface area contributed by atoms with Gasteiger partial charge in [-0.15, -0.1) is 0 Å². The smallest absolute Gasteiger partial charge is 0.164 e. The van der Waals surface area contributed by atoms with E-state index in [9.17, 15) is 5.26 Å². The third-order valence-corrected chi connectivity index (χ3v) is 10.2. The molecule has 1 spiro atoms. The number of fused-ring (bicyclic) bond motifs is 8. The van der Waals surface area contributed by atoms with E-state index < -0.39 is 5.41 Å². The monoisotopic (exact) mass is 679 g/mol. The average molecular weight is 680 g/mol. The van der Waals surface area contributed by atoms with Crippen LogP contribution in [0.25, 0.3) is 34.2 Å². The summed E-state index contributed by atoms with van der Waals surface area (Å²) in [5.41, 5.74) is 9.44. The van der Waals surface area contributed by atoms with Gasteiger partial charge in [0.05, 0.1) is 28.0 Å². The molecule has 0 aliphatic carbocycles. The fourth-order valence-corrected chi connectivity index (χ4v) is 7.98. The molecule has 0 bridgehead atoms. The molecule has 0 amide bonds. The molecule has 6 heteroatoms. The molecule has 0 fully saturated rings. The Kier molecular flexibility index (Phi) is 6.98. The maximum absolute atomic E-state index is 10.8. The van der Waals surface area contributed by atoms with E-state index >= 15 is 0 Å². The molecule has 1 aromatic heterocycles. The van der Waals surface area contributed by atoms with E-state index in [1.807, 2.05) is 103 Å². The Morgan fingerprint density at radius 2 is 0.868 bits per heavy atom. The molecule has 0 unspecified atom stereocenters. The van der Waals surface area contributed by atoms with E-state index in [2.05, 4.69) is 83.8 Å². The van der Waals surface area contributed by atoms with E-state index in [1.54, 1.807) is 0 Å². The molecule has 0 N–H and O–H groups in total. The van der Waals surface area contributed by atoms with Crippen LogP contribution in [0.1, 0.15) is 27.8 Å². The standard InChI is InChI=1S/C47H29N5O/c48-30-34-29-33(46-50-44(31-15-3-1-4-16-31)49-45(51-46)32-17-5-2-6-18-32)27-28-39(34)52-40-23-11-7-19-35(40)47(36-20-8-12-24-41(36)52)37-21-9-13-25-42(37)53-43-26-14-10-22-38(43)47/h1-29H. The van der Waals surface area contributed by atoms with Crippen LogP contribution in [0.4, 0.5) is 17.1 Å². The lowest BCUT2D eigenvalue weighted by atomic mass is 9.61. The summed E-state index contributed by atoms with van der Waals surface area (Å²) in [7, 11) is 0. The number of rotatable bonds is 4. The van der Waals surface area contributed by atoms with Gasteiger partial charge in [0.1, 0.15) is 17.6 Å². The maximum atomic E-state index is 10.8. The molecule has 6 nitrogen and oxygen atoms in total. The van der Waals surface area contributed by atoms with Crippen LogP contribution in [0.3, 0.4) is 0 Å². The molecule has 2 aliphatic rings. The van der Waals surface area contributed by atoms with Gasteiger partial charge in [-0.2, -0.15) is 5.26 Å². The van der Waals surface area contributed by atoms with Crippen LogP contribution in [0, 0.1) is 11.3 Å². The third-order valence-electron chi connectivity index (χ3n) is 10.2. The summed E-state index contributed by atoms with van der Waals surface area (Å²) in [6.45, 7) is 0. The minimum Gasteiger partial charge on any atom is -0.457 e. The zero-order chi connectivity index (χ0) is 35.4. The van der Waals surface area contributed by atoms with Crippen molar-refractivity contribution in [2.75, 3.05) is 4.90 Å². The minimum atomic E-state index is -0.658. The van der Waals surface area contributed by atoms with Crippen molar-refractivity contribution >= 4 is 17.1 Å². The van der Waals surface area contributed by atoms with Crippen molar-refractivity contribution in [3.63, 3.8) is 0 Å². The quantitative estimate of drug-likeness (QED) is 0.184. The fourth-order valence-electron chi connectivity index (χ4n) is 7.98. The van der Waals surface area contributed by atoms with Crippen molar-refractivity contribution < 1.29 is 4.74 Å². The molecule has 0 radical (unpaired) electrons. The van der Waals surface area contributed by atoms with E-state index in [4.69, 9.17) is 19.7 Å². The van der Waals surface area contributed by atoms with Crippen LogP contribution in [0.2, 0.25) is 0 Å². The van der Waals surface area contributed by atoms with Crippen molar-refractivity contribution in [2.24, 2.45) is 0 Å². The van der Waals surface area contributed by atoms with Crippen LogP contribution in [-0.2, 0) is 5.41 Å². The number of para-hydroxylation sites is 4. The zero-order valence-corrected chi connectivity index (χ0v) is 28.4. The predicted octanol–water partition coefficient (Wildman–Crippen LogP) is 11.0. The van der Waals surface area contributed by atoms with Gasteiger partial charge in [-0.1, -0.05) is 133 Å². The molecule has 0 saturated carbocycles. The van der Waals surface area contributed by atoms with E-state index in [1.165, 1.54) is 0 Å². The number of nitrogens with zero attached hydrogens (tertiary/aromatic N) is 5. The highest BCUT2D eigenvalue weighted by molar-refractivity contribution is 5.92. The van der Waals surface area contributed by atoms with E-state index in [0.29, 0.717) is 23.0 Å². The number of hydrogen-bond acceptors (Lipinski definition) is 6.